The maximum atomic E-state index is 11.7. The molecule has 22 nitrogen and oxygen atoms in total. The van der Waals surface area contributed by atoms with Gasteiger partial charge in [-0.2, -0.15) is 0 Å². The first-order valence-electron chi connectivity index (χ1n) is 10.2. The van der Waals surface area contributed by atoms with Crippen molar-refractivity contribution in [3.63, 3.8) is 0 Å². The summed E-state index contributed by atoms with van der Waals surface area (Å²) in [6.07, 6.45) is 5.31. The van der Waals surface area contributed by atoms with E-state index in [1.165, 1.54) is 19.4 Å². The van der Waals surface area contributed by atoms with Gasteiger partial charge in [0.25, 0.3) is 0 Å². The zero-order valence-electron chi connectivity index (χ0n) is 25.8. The molecule has 2 aliphatic heterocycles. The average molecular weight is 728 g/mol. The predicted octanol–water partition coefficient (Wildman–Crippen LogP) is -16.1. The van der Waals surface area contributed by atoms with Crippen molar-refractivity contribution < 1.29 is 168 Å². The van der Waals surface area contributed by atoms with E-state index in [4.69, 9.17) is 33.5 Å². The van der Waals surface area contributed by atoms with Gasteiger partial charge in [0.2, 0.25) is 0 Å². The summed E-state index contributed by atoms with van der Waals surface area (Å²) in [6.45, 7) is 3.77. The second kappa shape index (κ2) is 28.2. The number of phosphoric acid groups is 1. The van der Waals surface area contributed by atoms with Crippen LogP contribution >= 0.6 is 7.82 Å². The molecule has 0 aromatic heterocycles. The van der Waals surface area contributed by atoms with Gasteiger partial charge in [-0.25, -0.2) is 0 Å². The minimum atomic E-state index is -5.14. The second-order valence-corrected chi connectivity index (χ2v) is 9.49. The monoisotopic (exact) mass is 727 g/mol. The molecule has 1 aromatic carbocycles. The van der Waals surface area contributed by atoms with Crippen molar-refractivity contribution in [2.24, 2.45) is 5.92 Å². The number of nitrogens with zero attached hydrogens (tertiary/aromatic N) is 1. The van der Waals surface area contributed by atoms with E-state index in [2.05, 4.69) is 24.1 Å². The molecule has 1 saturated heterocycles. The molecule has 2 heterocycles. The van der Waals surface area contributed by atoms with Crippen LogP contribution in [0.2, 0.25) is 0 Å². The van der Waals surface area contributed by atoms with Crippen LogP contribution < -0.4 is 78.4 Å². The summed E-state index contributed by atoms with van der Waals surface area (Å²) >= 11 is 0. The third-order valence-electron chi connectivity index (χ3n) is 6.67. The molecule has 1 fully saturated rings. The smallest absolute Gasteiger partial charge is 0.790 e. The molecular weight excluding hydrogens is 679 g/mol. The fourth-order valence-corrected chi connectivity index (χ4v) is 5.74. The Bertz CT molecular complexity index is 1050. The number of carbonyl (C=O) groups excluding carboxylic acids is 2. The number of benzene rings is 1. The summed E-state index contributed by atoms with van der Waals surface area (Å²) in [5.74, 6) is 0.712. The topological polar surface area (TPSA) is 526 Å². The van der Waals surface area contributed by atoms with Crippen molar-refractivity contribution in [2.75, 3.05) is 13.6 Å². The Morgan fingerprint density at radius 1 is 0.913 bits per heavy atom. The van der Waals surface area contributed by atoms with Gasteiger partial charge >= 0.3 is 71.1 Å². The summed E-state index contributed by atoms with van der Waals surface area (Å²) in [4.78, 5) is 50.0. The number of ether oxygens (including phenoxy) is 3. The Balaban J connectivity index is -0.0000000672. The Morgan fingerprint density at radius 2 is 1.39 bits per heavy atom. The number of hydrogen-bond donors (Lipinski definition) is 1. The standard InChI is InChI=1S/C21H23NO5.2Na.H3O4P.12H2O/c1-11(23)25-16-6-4-13-10-15-14-5-7-17(26-12(2)24)20-21(14,8-9-22(15)3)18(13)19(16)27-20;;;1-5(2,3)4;;;;;;;;;;;;/h4-7,14-15,17,20H,8-10H2,1-3H3;;;(H3,1,2,3,4);12*1H2/q;2*+1;;;;;;;;;;;;;/p-2/t14-,15+,17-,20-,21-;;;;;;;;;;;;;;;/m0.............../s1. The SMILES string of the molecule is CC(=O)Oc1ccc2c3c1O[C@H]1[C@@H](OC(C)=O)C=C[C@H]4[C@@H](C2)N(C)CC[C@@]341.O.O.O.O.O.O.O.O.O.O.O.O.O=P([O-])([O-])O.[Na+].[Na+]. The number of carbonyl (C=O) groups is 2. The first-order chi connectivity index (χ1) is 14.9. The van der Waals surface area contributed by atoms with E-state index in [1.54, 1.807) is 0 Å². The van der Waals surface area contributed by atoms with Gasteiger partial charge in [-0.3, -0.25) is 9.59 Å². The second-order valence-electron chi connectivity index (χ2n) is 8.55. The molecular formula is C21H48NNa2O21P. The van der Waals surface area contributed by atoms with E-state index in [0.29, 0.717) is 17.5 Å². The van der Waals surface area contributed by atoms with Gasteiger partial charge in [-0.1, -0.05) is 12.1 Å². The molecule has 25 heteroatoms. The molecule has 5 rings (SSSR count). The molecule has 5 atom stereocenters. The molecule has 25 N–H and O–H groups in total. The van der Waals surface area contributed by atoms with Crippen LogP contribution in [-0.4, -0.2) is 119 Å². The van der Waals surface area contributed by atoms with Crippen molar-refractivity contribution in [1.82, 2.24) is 4.90 Å². The zero-order chi connectivity index (χ0) is 23.4. The van der Waals surface area contributed by atoms with Crippen LogP contribution in [0, 0.1) is 5.92 Å². The van der Waals surface area contributed by atoms with Gasteiger partial charge in [0.05, 0.1) is 7.82 Å². The maximum Gasteiger partial charge on any atom is 1.00 e. The first-order valence-corrected chi connectivity index (χ1v) is 11.7. The van der Waals surface area contributed by atoms with Crippen LogP contribution in [0.3, 0.4) is 0 Å². The van der Waals surface area contributed by atoms with Crippen LogP contribution in [0.15, 0.2) is 24.3 Å². The van der Waals surface area contributed by atoms with Gasteiger partial charge in [0.15, 0.2) is 17.6 Å². The average Bonchev–Trinajstić information content (AvgIpc) is 3.00. The Hall–Kier alpha value is -0.710. The van der Waals surface area contributed by atoms with Crippen molar-refractivity contribution in [1.29, 1.82) is 0 Å². The Morgan fingerprint density at radius 3 is 1.83 bits per heavy atom. The van der Waals surface area contributed by atoms with E-state index < -0.39 is 13.9 Å². The van der Waals surface area contributed by atoms with Gasteiger partial charge in [-0.15, -0.1) is 0 Å². The van der Waals surface area contributed by atoms with Crippen molar-refractivity contribution >= 4 is 19.8 Å². The molecule has 270 valence electrons. The number of esters is 2. The van der Waals surface area contributed by atoms with Gasteiger partial charge in [-0.05, 0) is 44.1 Å². The van der Waals surface area contributed by atoms with Crippen LogP contribution in [0.25, 0.3) is 0 Å². The molecule has 0 saturated carbocycles. The summed E-state index contributed by atoms with van der Waals surface area (Å²) in [7, 11) is -2.96. The summed E-state index contributed by atoms with van der Waals surface area (Å²) in [5.41, 5.74) is 2.15. The number of piperidine rings is 1. The van der Waals surface area contributed by atoms with E-state index in [0.717, 1.165) is 24.9 Å². The fourth-order valence-electron chi connectivity index (χ4n) is 5.74. The first kappa shape index (κ1) is 75.6. The number of likely N-dealkylation sites (tertiary alicyclic amines) is 1. The number of hydrogen-bond acceptors (Lipinski definition) is 9. The maximum absolute atomic E-state index is 11.7. The van der Waals surface area contributed by atoms with E-state index in [1.807, 2.05) is 12.1 Å². The van der Waals surface area contributed by atoms with Crippen molar-refractivity contribution in [2.45, 2.75) is 50.4 Å². The van der Waals surface area contributed by atoms with Crippen LogP contribution in [0.1, 0.15) is 31.4 Å². The number of rotatable bonds is 2. The van der Waals surface area contributed by atoms with Crippen molar-refractivity contribution in [3.8, 4) is 11.5 Å². The van der Waals surface area contributed by atoms with Gasteiger partial charge in [0, 0.05) is 36.8 Å². The zero-order valence-corrected chi connectivity index (χ0v) is 30.7. The van der Waals surface area contributed by atoms with Gasteiger partial charge < -0.3 is 104 Å². The molecule has 2 aliphatic carbocycles. The molecule has 4 aliphatic rings. The van der Waals surface area contributed by atoms with Crippen LogP contribution in [0.5, 0.6) is 11.5 Å². The van der Waals surface area contributed by atoms with E-state index >= 15 is 0 Å². The molecule has 1 aromatic rings. The molecule has 0 amide bonds. The molecule has 0 unspecified atom stereocenters. The Kier molecular flexibility index (Phi) is 46.3. The third-order valence-corrected chi connectivity index (χ3v) is 6.67. The van der Waals surface area contributed by atoms with E-state index in [-0.39, 0.29) is 154 Å². The summed E-state index contributed by atoms with van der Waals surface area (Å²) < 4.78 is 26.2. The quantitative estimate of drug-likeness (QED) is 0.0985. The molecule has 2 bridgehead atoms. The fraction of sp³-hybridized carbons (Fsp3) is 0.524. The van der Waals surface area contributed by atoms with Crippen LogP contribution in [0.4, 0.5) is 0 Å². The summed E-state index contributed by atoms with van der Waals surface area (Å²) in [5, 5.41) is 0. The van der Waals surface area contributed by atoms with Gasteiger partial charge in [0.1, 0.15) is 6.10 Å². The molecule has 46 heavy (non-hydrogen) atoms. The van der Waals surface area contributed by atoms with Crippen molar-refractivity contribution in [3.05, 3.63) is 35.4 Å². The minimum Gasteiger partial charge on any atom is -0.790 e. The largest absolute Gasteiger partial charge is 1.00 e. The third kappa shape index (κ3) is 14.4. The summed E-state index contributed by atoms with van der Waals surface area (Å²) in [6, 6.07) is 4.28. The Labute approximate surface area is 307 Å². The molecule has 0 radical (unpaired) electrons. The normalized spacial score (nSPS) is 22.0. The van der Waals surface area contributed by atoms with Crippen LogP contribution in [-0.2, 0) is 30.7 Å². The molecule has 1 spiro atoms. The number of likely N-dealkylation sites (N-methyl/N-ethyl adjacent to an activating group) is 1. The predicted molar refractivity (Wildman–Crippen MR) is 150 cm³/mol. The minimum absolute atomic E-state index is 0. The van der Waals surface area contributed by atoms with E-state index in [9.17, 15) is 9.59 Å².